The van der Waals surface area contributed by atoms with Gasteiger partial charge in [0.2, 0.25) is 11.7 Å². The van der Waals surface area contributed by atoms with Gasteiger partial charge < -0.3 is 15.0 Å². The van der Waals surface area contributed by atoms with Crippen molar-refractivity contribution in [1.82, 2.24) is 10.2 Å². The number of carbonyl (C=O) groups is 3. The van der Waals surface area contributed by atoms with E-state index >= 15 is 0 Å². The van der Waals surface area contributed by atoms with Crippen LogP contribution in [0.4, 0.5) is 0 Å². The molecule has 2 amide bonds. The lowest BCUT2D eigenvalue weighted by molar-refractivity contribution is -0.142. The second-order valence-electron chi connectivity index (χ2n) is 5.17. The molecule has 0 aromatic heterocycles. The third-order valence-corrected chi connectivity index (χ3v) is 4.17. The Morgan fingerprint density at radius 3 is 2.70 bits per heavy atom. The maximum absolute atomic E-state index is 11.9. The fraction of sp³-hybridized carbons (Fsp3) is 0.400. The van der Waals surface area contributed by atoms with E-state index in [0.717, 1.165) is 0 Å². The number of ether oxygens (including phenoxy) is 1. The van der Waals surface area contributed by atoms with E-state index in [1.165, 1.54) is 11.9 Å². The maximum Gasteiger partial charge on any atom is 0.290 e. The molecular weight excluding hydrogens is 343 g/mol. The van der Waals surface area contributed by atoms with Crippen molar-refractivity contribution in [1.29, 1.82) is 0 Å². The van der Waals surface area contributed by atoms with Gasteiger partial charge in [0.05, 0.1) is 16.7 Å². The molecule has 1 atom stereocenters. The summed E-state index contributed by atoms with van der Waals surface area (Å²) >= 11 is 11.7. The minimum Gasteiger partial charge on any atom is -0.493 e. The van der Waals surface area contributed by atoms with Crippen LogP contribution in [0.5, 0.6) is 5.75 Å². The number of carbonyl (C=O) groups excluding carboxylic acids is 3. The van der Waals surface area contributed by atoms with Crippen molar-refractivity contribution >= 4 is 40.8 Å². The third kappa shape index (κ3) is 4.36. The molecule has 0 aliphatic carbocycles. The molecule has 6 nitrogen and oxygen atoms in total. The van der Waals surface area contributed by atoms with Crippen molar-refractivity contribution in [2.75, 3.05) is 26.7 Å². The summed E-state index contributed by atoms with van der Waals surface area (Å²) in [5.74, 6) is -2.03. The molecule has 1 aliphatic rings. The lowest BCUT2D eigenvalue weighted by atomic mass is 10.1. The Morgan fingerprint density at radius 1 is 1.35 bits per heavy atom. The highest BCUT2D eigenvalue weighted by Crippen LogP contribution is 2.26. The number of Topliss-reactive ketones (excluding diaryl/α,β-unsaturated/α-hetero) is 1. The average Bonchev–Trinajstić information content (AvgIpc) is 2.78. The number of amides is 2. The number of likely N-dealkylation sites (tertiary alicyclic amines) is 1. The summed E-state index contributed by atoms with van der Waals surface area (Å²) in [7, 11) is 1.50. The Hall–Kier alpha value is -1.79. The molecule has 0 bridgehead atoms. The zero-order chi connectivity index (χ0) is 17.0. The molecule has 0 radical (unpaired) electrons. The maximum atomic E-state index is 11.9. The number of ketones is 1. The average molecular weight is 359 g/mol. The fourth-order valence-electron chi connectivity index (χ4n) is 2.14. The minimum atomic E-state index is -0.913. The van der Waals surface area contributed by atoms with Crippen LogP contribution >= 0.6 is 23.2 Å². The lowest BCUT2D eigenvalue weighted by Crippen LogP contribution is -2.36. The standard InChI is InChI=1S/C15H16Cl2N2O4/c1-19-8-10(13(20)15(19)22)14(21)18-5-2-6-23-9-3-4-11(16)12(17)7-9/h3-4,7,10H,2,5-6,8H2,1H3,(H,18,21). The van der Waals surface area contributed by atoms with E-state index < -0.39 is 23.5 Å². The molecule has 1 unspecified atom stereocenters. The van der Waals surface area contributed by atoms with E-state index in [1.807, 2.05) is 0 Å². The second-order valence-corrected chi connectivity index (χ2v) is 5.99. The van der Waals surface area contributed by atoms with Gasteiger partial charge in [-0.1, -0.05) is 23.2 Å². The molecule has 0 spiro atoms. The van der Waals surface area contributed by atoms with Crippen LogP contribution < -0.4 is 10.1 Å². The van der Waals surface area contributed by atoms with Gasteiger partial charge in [-0.05, 0) is 18.6 Å². The van der Waals surface area contributed by atoms with Gasteiger partial charge in [0.25, 0.3) is 5.91 Å². The minimum absolute atomic E-state index is 0.128. The summed E-state index contributed by atoms with van der Waals surface area (Å²) in [4.78, 5) is 36.1. The summed E-state index contributed by atoms with van der Waals surface area (Å²) < 4.78 is 5.48. The highest BCUT2D eigenvalue weighted by molar-refractivity contribution is 6.42. The fourth-order valence-corrected chi connectivity index (χ4v) is 2.43. The highest BCUT2D eigenvalue weighted by atomic mass is 35.5. The smallest absolute Gasteiger partial charge is 0.290 e. The van der Waals surface area contributed by atoms with Crippen molar-refractivity contribution in [3.05, 3.63) is 28.2 Å². The molecule has 8 heteroatoms. The Bertz CT molecular complexity index is 636. The van der Waals surface area contributed by atoms with E-state index in [1.54, 1.807) is 18.2 Å². The summed E-state index contributed by atoms with van der Waals surface area (Å²) in [6, 6.07) is 4.95. The number of nitrogens with zero attached hydrogens (tertiary/aromatic N) is 1. The van der Waals surface area contributed by atoms with E-state index in [2.05, 4.69) is 5.32 Å². The Labute approximate surface area is 143 Å². The number of likely N-dealkylation sites (N-methyl/N-ethyl adjacent to an activating group) is 1. The van der Waals surface area contributed by atoms with E-state index in [-0.39, 0.29) is 6.54 Å². The van der Waals surface area contributed by atoms with Crippen LogP contribution in [-0.2, 0) is 14.4 Å². The van der Waals surface area contributed by atoms with Gasteiger partial charge in [-0.15, -0.1) is 0 Å². The Balaban J connectivity index is 1.69. The zero-order valence-corrected chi connectivity index (χ0v) is 14.0. The molecule has 1 saturated heterocycles. The van der Waals surface area contributed by atoms with Crippen LogP contribution in [0.1, 0.15) is 6.42 Å². The first kappa shape index (κ1) is 17.6. The summed E-state index contributed by atoms with van der Waals surface area (Å²) in [5.41, 5.74) is 0. The van der Waals surface area contributed by atoms with Crippen LogP contribution in [0.2, 0.25) is 10.0 Å². The van der Waals surface area contributed by atoms with Crippen molar-refractivity contribution < 1.29 is 19.1 Å². The van der Waals surface area contributed by atoms with Crippen molar-refractivity contribution in [2.45, 2.75) is 6.42 Å². The van der Waals surface area contributed by atoms with Gasteiger partial charge in [-0.25, -0.2) is 0 Å². The SMILES string of the molecule is CN1CC(C(=O)NCCCOc2ccc(Cl)c(Cl)c2)C(=O)C1=O. The van der Waals surface area contributed by atoms with Crippen molar-refractivity contribution in [3.8, 4) is 5.75 Å². The van der Waals surface area contributed by atoms with Gasteiger partial charge in [-0.2, -0.15) is 0 Å². The zero-order valence-electron chi connectivity index (χ0n) is 12.5. The van der Waals surface area contributed by atoms with Gasteiger partial charge in [0.15, 0.2) is 0 Å². The van der Waals surface area contributed by atoms with Crippen LogP contribution in [0.15, 0.2) is 18.2 Å². The molecule has 1 heterocycles. The topological polar surface area (TPSA) is 75.7 Å². The molecule has 1 aromatic rings. The van der Waals surface area contributed by atoms with Crippen LogP contribution in [0.3, 0.4) is 0 Å². The van der Waals surface area contributed by atoms with Gasteiger partial charge in [0, 0.05) is 26.2 Å². The van der Waals surface area contributed by atoms with Crippen molar-refractivity contribution in [3.63, 3.8) is 0 Å². The first-order valence-electron chi connectivity index (χ1n) is 7.05. The van der Waals surface area contributed by atoms with Crippen LogP contribution in [0, 0.1) is 5.92 Å². The number of hydrogen-bond donors (Lipinski definition) is 1. The van der Waals surface area contributed by atoms with E-state index in [4.69, 9.17) is 27.9 Å². The number of halogens is 2. The second kappa shape index (κ2) is 7.66. The normalized spacial score (nSPS) is 17.5. The Morgan fingerprint density at radius 2 is 2.09 bits per heavy atom. The molecule has 124 valence electrons. The number of hydrogen-bond acceptors (Lipinski definition) is 4. The van der Waals surface area contributed by atoms with Crippen LogP contribution in [0.25, 0.3) is 0 Å². The summed E-state index contributed by atoms with van der Waals surface area (Å²) in [6.07, 6.45) is 0.552. The molecule has 1 aromatic carbocycles. The molecule has 1 fully saturated rings. The Kier molecular flexibility index (Phi) is 5.85. The quantitative estimate of drug-likeness (QED) is 0.475. The molecule has 1 N–H and O–H groups in total. The molecular formula is C15H16Cl2N2O4. The molecule has 2 rings (SSSR count). The third-order valence-electron chi connectivity index (χ3n) is 3.43. The van der Waals surface area contributed by atoms with Crippen molar-refractivity contribution in [2.24, 2.45) is 5.92 Å². The van der Waals surface area contributed by atoms with Crippen LogP contribution in [-0.4, -0.2) is 49.2 Å². The number of nitrogens with one attached hydrogen (secondary N) is 1. The lowest BCUT2D eigenvalue weighted by Gasteiger charge is -2.10. The number of rotatable bonds is 6. The summed E-state index contributed by atoms with van der Waals surface area (Å²) in [5, 5.41) is 3.50. The first-order valence-corrected chi connectivity index (χ1v) is 7.80. The van der Waals surface area contributed by atoms with Gasteiger partial charge >= 0.3 is 0 Å². The predicted molar refractivity (Wildman–Crippen MR) is 85.7 cm³/mol. The van der Waals surface area contributed by atoms with Gasteiger partial charge in [0.1, 0.15) is 11.7 Å². The monoisotopic (exact) mass is 358 g/mol. The van der Waals surface area contributed by atoms with E-state index in [9.17, 15) is 14.4 Å². The molecule has 0 saturated carbocycles. The largest absolute Gasteiger partial charge is 0.493 e. The first-order chi connectivity index (χ1) is 10.9. The molecule has 23 heavy (non-hydrogen) atoms. The van der Waals surface area contributed by atoms with Gasteiger partial charge in [-0.3, -0.25) is 14.4 Å². The highest BCUT2D eigenvalue weighted by Gasteiger charge is 2.41. The van der Waals surface area contributed by atoms with E-state index in [0.29, 0.717) is 35.4 Å². The number of benzene rings is 1. The summed E-state index contributed by atoms with van der Waals surface area (Å²) in [6.45, 7) is 0.848. The molecule has 1 aliphatic heterocycles. The predicted octanol–water partition coefficient (Wildman–Crippen LogP) is 1.54.